The van der Waals surface area contributed by atoms with E-state index in [0.717, 1.165) is 12.0 Å². The molecule has 0 aliphatic carbocycles. The monoisotopic (exact) mass is 240 g/mol. The van der Waals surface area contributed by atoms with Crippen LogP contribution in [0, 0.1) is 0 Å². The van der Waals surface area contributed by atoms with Gasteiger partial charge in [0.05, 0.1) is 12.2 Å². The van der Waals surface area contributed by atoms with Gasteiger partial charge < -0.3 is 4.74 Å². The molecule has 2 heteroatoms. The lowest BCUT2D eigenvalue weighted by atomic mass is 10.00. The molecule has 0 saturated heterocycles. The topological polar surface area (TPSA) is 26.3 Å². The van der Waals surface area contributed by atoms with Crippen molar-refractivity contribution in [2.45, 2.75) is 13.3 Å². The second-order valence-corrected chi connectivity index (χ2v) is 4.04. The Morgan fingerprint density at radius 3 is 2.39 bits per heavy atom. The molecule has 18 heavy (non-hydrogen) atoms. The summed E-state index contributed by atoms with van der Waals surface area (Å²) in [7, 11) is 0. The summed E-state index contributed by atoms with van der Waals surface area (Å²) in [6, 6.07) is 17.7. The average Bonchev–Trinajstić information content (AvgIpc) is 2.41. The van der Waals surface area contributed by atoms with Crippen molar-refractivity contribution >= 4 is 5.97 Å². The fourth-order valence-electron chi connectivity index (χ4n) is 1.90. The van der Waals surface area contributed by atoms with Gasteiger partial charge in [-0.05, 0) is 30.5 Å². The maximum Gasteiger partial charge on any atom is 0.338 e. The molecule has 0 heterocycles. The summed E-state index contributed by atoms with van der Waals surface area (Å²) in [5.41, 5.74) is 2.85. The van der Waals surface area contributed by atoms with Crippen molar-refractivity contribution in [3.8, 4) is 0 Å². The molecule has 92 valence electrons. The van der Waals surface area contributed by atoms with Gasteiger partial charge in [-0.3, -0.25) is 0 Å². The van der Waals surface area contributed by atoms with Crippen molar-refractivity contribution in [1.82, 2.24) is 0 Å². The van der Waals surface area contributed by atoms with Crippen molar-refractivity contribution in [3.63, 3.8) is 0 Å². The smallest absolute Gasteiger partial charge is 0.338 e. The summed E-state index contributed by atoms with van der Waals surface area (Å²) < 4.78 is 5.07. The predicted molar refractivity (Wildman–Crippen MR) is 71.6 cm³/mol. The summed E-state index contributed by atoms with van der Waals surface area (Å²) in [6.07, 6.45) is 0.746. The number of benzene rings is 2. The largest absolute Gasteiger partial charge is 0.462 e. The van der Waals surface area contributed by atoms with E-state index in [-0.39, 0.29) is 5.97 Å². The maximum absolute atomic E-state index is 11.8. The lowest BCUT2D eigenvalue weighted by Crippen LogP contribution is -2.08. The molecule has 0 spiro atoms. The van der Waals surface area contributed by atoms with Crippen LogP contribution in [0.5, 0.6) is 0 Å². The van der Waals surface area contributed by atoms with Gasteiger partial charge in [-0.15, -0.1) is 0 Å². The molecular formula is C16H16O2. The molecule has 2 nitrogen and oxygen atoms in total. The Balaban J connectivity index is 2.25. The number of carbonyl (C=O) groups excluding carboxylic acids is 1. The summed E-state index contributed by atoms with van der Waals surface area (Å²) in [6.45, 7) is 2.22. The summed E-state index contributed by atoms with van der Waals surface area (Å²) in [5, 5.41) is 0. The van der Waals surface area contributed by atoms with Gasteiger partial charge in [0, 0.05) is 0 Å². The first-order valence-corrected chi connectivity index (χ1v) is 6.10. The van der Waals surface area contributed by atoms with E-state index in [1.807, 2.05) is 49.4 Å². The Morgan fingerprint density at radius 2 is 1.67 bits per heavy atom. The third-order valence-corrected chi connectivity index (χ3v) is 2.75. The lowest BCUT2D eigenvalue weighted by Gasteiger charge is -2.08. The van der Waals surface area contributed by atoms with Gasteiger partial charge in [0.25, 0.3) is 0 Å². The highest BCUT2D eigenvalue weighted by Gasteiger charge is 2.11. The van der Waals surface area contributed by atoms with Gasteiger partial charge in [0.2, 0.25) is 0 Å². The molecule has 2 aromatic rings. The number of hydrogen-bond donors (Lipinski definition) is 0. The molecule has 0 saturated carbocycles. The Hall–Kier alpha value is -2.09. The molecule has 0 atom stereocenters. The summed E-state index contributed by atoms with van der Waals surface area (Å²) in [4.78, 5) is 11.8. The van der Waals surface area contributed by atoms with E-state index in [1.165, 1.54) is 5.56 Å². The van der Waals surface area contributed by atoms with Crippen LogP contribution in [-0.4, -0.2) is 12.6 Å². The van der Waals surface area contributed by atoms with E-state index in [9.17, 15) is 4.79 Å². The summed E-state index contributed by atoms with van der Waals surface area (Å²) in [5.74, 6) is -0.246. The summed E-state index contributed by atoms with van der Waals surface area (Å²) >= 11 is 0. The van der Waals surface area contributed by atoms with Gasteiger partial charge in [-0.25, -0.2) is 4.79 Å². The second-order valence-electron chi connectivity index (χ2n) is 4.04. The van der Waals surface area contributed by atoms with E-state index in [2.05, 4.69) is 12.1 Å². The average molecular weight is 240 g/mol. The van der Waals surface area contributed by atoms with Gasteiger partial charge in [-0.2, -0.15) is 0 Å². The molecule has 0 bridgehead atoms. The van der Waals surface area contributed by atoms with E-state index in [1.54, 1.807) is 0 Å². The zero-order valence-electron chi connectivity index (χ0n) is 10.4. The second kappa shape index (κ2) is 6.01. The van der Waals surface area contributed by atoms with Crippen molar-refractivity contribution in [2.75, 3.05) is 6.61 Å². The molecule has 0 aliphatic rings. The first kappa shape index (κ1) is 12.4. The van der Waals surface area contributed by atoms with Gasteiger partial charge in [0.1, 0.15) is 0 Å². The standard InChI is InChI=1S/C16H16O2/c1-2-18-16(17)15-11-7-6-10-14(15)12-13-8-4-3-5-9-13/h3-11H,2,12H2,1H3. The number of ether oxygens (including phenoxy) is 1. The van der Waals surface area contributed by atoms with E-state index in [4.69, 9.17) is 4.74 Å². The minimum Gasteiger partial charge on any atom is -0.462 e. The minimum absolute atomic E-state index is 0.246. The highest BCUT2D eigenvalue weighted by atomic mass is 16.5. The minimum atomic E-state index is -0.246. The molecule has 0 fully saturated rings. The normalized spacial score (nSPS) is 10.1. The van der Waals surface area contributed by atoms with Crippen molar-refractivity contribution < 1.29 is 9.53 Å². The van der Waals surface area contributed by atoms with Crippen molar-refractivity contribution in [1.29, 1.82) is 0 Å². The first-order chi connectivity index (χ1) is 8.81. The van der Waals surface area contributed by atoms with Gasteiger partial charge in [0.15, 0.2) is 0 Å². The van der Waals surface area contributed by atoms with Crippen LogP contribution in [0.15, 0.2) is 54.6 Å². The van der Waals surface area contributed by atoms with E-state index >= 15 is 0 Å². The van der Waals surface area contributed by atoms with Crippen LogP contribution in [0.3, 0.4) is 0 Å². The Kier molecular flexibility index (Phi) is 4.13. The third-order valence-electron chi connectivity index (χ3n) is 2.75. The van der Waals surface area contributed by atoms with Gasteiger partial charge in [-0.1, -0.05) is 48.5 Å². The highest BCUT2D eigenvalue weighted by Crippen LogP contribution is 2.15. The quantitative estimate of drug-likeness (QED) is 0.765. The lowest BCUT2D eigenvalue weighted by molar-refractivity contribution is 0.0525. The zero-order chi connectivity index (χ0) is 12.8. The molecule has 0 N–H and O–H groups in total. The van der Waals surface area contributed by atoms with Crippen molar-refractivity contribution in [3.05, 3.63) is 71.3 Å². The molecule has 0 unspecified atom stereocenters. The third kappa shape index (κ3) is 2.98. The predicted octanol–water partition coefficient (Wildman–Crippen LogP) is 3.45. The fourth-order valence-corrected chi connectivity index (χ4v) is 1.90. The zero-order valence-corrected chi connectivity index (χ0v) is 10.4. The SMILES string of the molecule is CCOC(=O)c1ccccc1Cc1ccccc1. The maximum atomic E-state index is 11.8. The van der Waals surface area contributed by atoms with Crippen molar-refractivity contribution in [2.24, 2.45) is 0 Å². The van der Waals surface area contributed by atoms with E-state index < -0.39 is 0 Å². The van der Waals surface area contributed by atoms with Crippen LogP contribution in [0.1, 0.15) is 28.4 Å². The van der Waals surface area contributed by atoms with Crippen LogP contribution < -0.4 is 0 Å². The molecule has 0 aliphatic heterocycles. The number of rotatable bonds is 4. The Labute approximate surface area is 107 Å². The molecule has 0 amide bonds. The Bertz CT molecular complexity index is 518. The van der Waals surface area contributed by atoms with Gasteiger partial charge >= 0.3 is 5.97 Å². The fraction of sp³-hybridized carbons (Fsp3) is 0.188. The molecule has 0 radical (unpaired) electrons. The number of esters is 1. The molecule has 2 aromatic carbocycles. The van der Waals surface area contributed by atoms with Crippen LogP contribution in [0.25, 0.3) is 0 Å². The number of hydrogen-bond acceptors (Lipinski definition) is 2. The molecule has 0 aromatic heterocycles. The van der Waals surface area contributed by atoms with Crippen LogP contribution in [0.4, 0.5) is 0 Å². The van der Waals surface area contributed by atoms with Crippen LogP contribution >= 0.6 is 0 Å². The first-order valence-electron chi connectivity index (χ1n) is 6.10. The number of carbonyl (C=O) groups is 1. The molecule has 2 rings (SSSR count). The van der Waals surface area contributed by atoms with Crippen LogP contribution in [-0.2, 0) is 11.2 Å². The highest BCUT2D eigenvalue weighted by molar-refractivity contribution is 5.91. The van der Waals surface area contributed by atoms with Crippen LogP contribution in [0.2, 0.25) is 0 Å². The Morgan fingerprint density at radius 1 is 1.00 bits per heavy atom. The van der Waals surface area contributed by atoms with E-state index in [0.29, 0.717) is 12.2 Å². The molecular weight excluding hydrogens is 224 g/mol.